The van der Waals surface area contributed by atoms with E-state index in [1.54, 1.807) is 24.4 Å². The maximum Gasteiger partial charge on any atom is 0.337 e. The minimum atomic E-state index is -1.26. The number of nitrogens with zero attached hydrogens (tertiary/aromatic N) is 1. The number of aromatic hydroxyl groups is 1. The standard InChI is InChI=1S/C18H13NO5S/c1-9-5-12(10-3-2-4-11(20)6-10)15(18(23)24)16(14(9)17(21)22)13-7-25-8-19-13/h2-8,20H,1H3,(H,21,22)(H,23,24). The molecule has 0 spiro atoms. The van der Waals surface area contributed by atoms with E-state index in [9.17, 15) is 24.9 Å². The van der Waals surface area contributed by atoms with Crippen molar-refractivity contribution in [2.24, 2.45) is 0 Å². The summed E-state index contributed by atoms with van der Waals surface area (Å²) in [5, 5.41) is 30.7. The summed E-state index contributed by atoms with van der Waals surface area (Å²) in [4.78, 5) is 27.9. The maximum absolute atomic E-state index is 12.0. The number of phenolic OH excluding ortho intramolecular Hbond substituents is 1. The van der Waals surface area contributed by atoms with E-state index in [2.05, 4.69) is 4.98 Å². The number of aryl methyl sites for hydroxylation is 1. The average molecular weight is 355 g/mol. The first-order valence-corrected chi connectivity index (χ1v) is 8.16. The summed E-state index contributed by atoms with van der Waals surface area (Å²) in [5.41, 5.74) is 2.86. The first-order chi connectivity index (χ1) is 11.9. The number of rotatable bonds is 4. The highest BCUT2D eigenvalue weighted by atomic mass is 32.1. The molecule has 3 rings (SSSR count). The van der Waals surface area contributed by atoms with Gasteiger partial charge in [-0.25, -0.2) is 14.6 Å². The van der Waals surface area contributed by atoms with Gasteiger partial charge in [0.15, 0.2) is 0 Å². The van der Waals surface area contributed by atoms with Gasteiger partial charge in [0.2, 0.25) is 0 Å². The zero-order valence-electron chi connectivity index (χ0n) is 13.1. The Morgan fingerprint density at radius 3 is 2.36 bits per heavy atom. The minimum absolute atomic E-state index is 0.0102. The van der Waals surface area contributed by atoms with Gasteiger partial charge in [0.25, 0.3) is 0 Å². The second-order valence-electron chi connectivity index (χ2n) is 5.40. The normalized spacial score (nSPS) is 10.6. The van der Waals surface area contributed by atoms with Gasteiger partial charge in [-0.3, -0.25) is 0 Å². The third kappa shape index (κ3) is 2.97. The van der Waals surface area contributed by atoms with Gasteiger partial charge < -0.3 is 15.3 Å². The topological polar surface area (TPSA) is 108 Å². The SMILES string of the molecule is Cc1cc(-c2cccc(O)c2)c(C(=O)O)c(-c2cscn2)c1C(=O)O. The van der Waals surface area contributed by atoms with Crippen LogP contribution in [0.1, 0.15) is 26.3 Å². The van der Waals surface area contributed by atoms with Crippen LogP contribution in [-0.2, 0) is 0 Å². The number of aromatic carboxylic acids is 2. The molecule has 3 N–H and O–H groups in total. The van der Waals surface area contributed by atoms with E-state index in [1.807, 2.05) is 0 Å². The molecule has 0 amide bonds. The molecule has 25 heavy (non-hydrogen) atoms. The molecule has 2 aromatic carbocycles. The minimum Gasteiger partial charge on any atom is -0.508 e. The molecule has 0 aliphatic heterocycles. The van der Waals surface area contributed by atoms with Crippen molar-refractivity contribution in [3.05, 3.63) is 57.9 Å². The third-order valence-corrected chi connectivity index (χ3v) is 4.38. The first kappa shape index (κ1) is 16.7. The fraction of sp³-hybridized carbons (Fsp3) is 0.0556. The van der Waals surface area contributed by atoms with Crippen LogP contribution in [-0.4, -0.2) is 32.2 Å². The smallest absolute Gasteiger partial charge is 0.337 e. The molecule has 0 aliphatic carbocycles. The number of phenols is 1. The van der Waals surface area contributed by atoms with E-state index in [1.165, 1.54) is 35.0 Å². The quantitative estimate of drug-likeness (QED) is 0.655. The zero-order chi connectivity index (χ0) is 18.1. The van der Waals surface area contributed by atoms with Crippen molar-refractivity contribution in [2.75, 3.05) is 0 Å². The van der Waals surface area contributed by atoms with Crippen LogP contribution >= 0.6 is 11.3 Å². The van der Waals surface area contributed by atoms with Gasteiger partial charge in [0, 0.05) is 10.9 Å². The number of hydrogen-bond donors (Lipinski definition) is 3. The highest BCUT2D eigenvalue weighted by molar-refractivity contribution is 7.07. The summed E-state index contributed by atoms with van der Waals surface area (Å²) in [7, 11) is 0. The van der Waals surface area contributed by atoms with Crippen LogP contribution in [0.2, 0.25) is 0 Å². The van der Waals surface area contributed by atoms with Gasteiger partial charge in [0.1, 0.15) is 5.75 Å². The van der Waals surface area contributed by atoms with Gasteiger partial charge in [-0.05, 0) is 41.8 Å². The molecule has 0 fully saturated rings. The second kappa shape index (κ2) is 6.37. The predicted octanol–water partition coefficient (Wildman–Crippen LogP) is 3.89. The number of carbonyl (C=O) groups is 2. The Labute approximate surface area is 146 Å². The van der Waals surface area contributed by atoms with Crippen LogP contribution in [0, 0.1) is 6.92 Å². The molecule has 1 heterocycles. The van der Waals surface area contributed by atoms with Crippen molar-refractivity contribution in [1.82, 2.24) is 4.98 Å². The number of thiazole rings is 1. The molecule has 3 aromatic rings. The summed E-state index contributed by atoms with van der Waals surface area (Å²) < 4.78 is 0. The summed E-state index contributed by atoms with van der Waals surface area (Å²) in [6.07, 6.45) is 0. The lowest BCUT2D eigenvalue weighted by Gasteiger charge is -2.16. The highest BCUT2D eigenvalue weighted by Gasteiger charge is 2.27. The largest absolute Gasteiger partial charge is 0.508 e. The molecule has 1 aromatic heterocycles. The lowest BCUT2D eigenvalue weighted by Crippen LogP contribution is -2.11. The summed E-state index contributed by atoms with van der Waals surface area (Å²) in [5.74, 6) is -2.49. The summed E-state index contributed by atoms with van der Waals surface area (Å²) in [6, 6.07) is 7.68. The molecule has 7 heteroatoms. The average Bonchev–Trinajstić information content (AvgIpc) is 3.07. The monoisotopic (exact) mass is 355 g/mol. The van der Waals surface area contributed by atoms with Gasteiger partial charge >= 0.3 is 11.9 Å². The Balaban J connectivity index is 2.46. The molecular weight excluding hydrogens is 342 g/mol. The van der Waals surface area contributed by atoms with E-state index in [4.69, 9.17) is 0 Å². The zero-order valence-corrected chi connectivity index (χ0v) is 13.9. The molecular formula is C18H13NO5S. The van der Waals surface area contributed by atoms with Crippen LogP contribution < -0.4 is 0 Å². The van der Waals surface area contributed by atoms with Gasteiger partial charge in [-0.1, -0.05) is 12.1 Å². The molecule has 126 valence electrons. The Morgan fingerprint density at radius 2 is 1.80 bits per heavy atom. The third-order valence-electron chi connectivity index (χ3n) is 3.80. The Bertz CT molecular complexity index is 979. The number of carboxylic acid groups (broad SMARTS) is 2. The molecule has 0 saturated heterocycles. The number of carboxylic acids is 2. The van der Waals surface area contributed by atoms with Crippen molar-refractivity contribution in [3.63, 3.8) is 0 Å². The fourth-order valence-corrected chi connectivity index (χ4v) is 3.35. The summed E-state index contributed by atoms with van der Waals surface area (Å²) >= 11 is 1.25. The second-order valence-corrected chi connectivity index (χ2v) is 6.12. The molecule has 0 bridgehead atoms. The first-order valence-electron chi connectivity index (χ1n) is 7.22. The van der Waals surface area contributed by atoms with Gasteiger partial charge in [-0.15, -0.1) is 11.3 Å². The predicted molar refractivity (Wildman–Crippen MR) is 93.3 cm³/mol. The molecule has 0 unspecified atom stereocenters. The van der Waals surface area contributed by atoms with Crippen molar-refractivity contribution in [3.8, 4) is 28.1 Å². The number of hydrogen-bond acceptors (Lipinski definition) is 5. The van der Waals surface area contributed by atoms with Crippen LogP contribution in [0.5, 0.6) is 5.75 Å². The van der Waals surface area contributed by atoms with Gasteiger partial charge in [0.05, 0.1) is 22.3 Å². The van der Waals surface area contributed by atoms with Crippen LogP contribution in [0.25, 0.3) is 22.4 Å². The molecule has 0 atom stereocenters. The molecule has 0 radical (unpaired) electrons. The molecule has 0 saturated carbocycles. The van der Waals surface area contributed by atoms with Crippen LogP contribution in [0.4, 0.5) is 0 Å². The van der Waals surface area contributed by atoms with E-state index in [-0.39, 0.29) is 22.4 Å². The van der Waals surface area contributed by atoms with Crippen molar-refractivity contribution in [1.29, 1.82) is 0 Å². The van der Waals surface area contributed by atoms with E-state index < -0.39 is 11.9 Å². The van der Waals surface area contributed by atoms with Crippen LogP contribution in [0.15, 0.2) is 41.2 Å². The maximum atomic E-state index is 12.0. The van der Waals surface area contributed by atoms with E-state index in [0.717, 1.165) is 0 Å². The van der Waals surface area contributed by atoms with E-state index >= 15 is 0 Å². The highest BCUT2D eigenvalue weighted by Crippen LogP contribution is 2.38. The lowest BCUT2D eigenvalue weighted by molar-refractivity contribution is 0.0695. The van der Waals surface area contributed by atoms with Crippen molar-refractivity contribution in [2.45, 2.75) is 6.92 Å². The molecule has 6 nitrogen and oxygen atoms in total. The van der Waals surface area contributed by atoms with E-state index in [0.29, 0.717) is 22.4 Å². The fourth-order valence-electron chi connectivity index (χ4n) is 2.81. The molecule has 0 aliphatic rings. The summed E-state index contributed by atoms with van der Waals surface area (Å²) in [6.45, 7) is 1.61. The number of aromatic nitrogens is 1. The van der Waals surface area contributed by atoms with Crippen LogP contribution in [0.3, 0.4) is 0 Å². The Hall–Kier alpha value is -3.19. The number of benzene rings is 2. The van der Waals surface area contributed by atoms with Gasteiger partial charge in [-0.2, -0.15) is 0 Å². The lowest BCUT2D eigenvalue weighted by atomic mass is 9.87. The Kier molecular flexibility index (Phi) is 4.24. The van der Waals surface area contributed by atoms with Crippen molar-refractivity contribution < 1.29 is 24.9 Å². The van der Waals surface area contributed by atoms with Crippen molar-refractivity contribution >= 4 is 23.3 Å². The Morgan fingerprint density at radius 1 is 1.08 bits per heavy atom.